The Labute approximate surface area is 176 Å². The lowest BCUT2D eigenvalue weighted by molar-refractivity contribution is 0.115. The van der Waals surface area contributed by atoms with Crippen molar-refractivity contribution in [1.82, 2.24) is 9.47 Å². The van der Waals surface area contributed by atoms with Gasteiger partial charge in [0.15, 0.2) is 0 Å². The van der Waals surface area contributed by atoms with Crippen LogP contribution in [0.5, 0.6) is 0 Å². The van der Waals surface area contributed by atoms with Crippen molar-refractivity contribution in [2.75, 3.05) is 32.1 Å². The highest BCUT2D eigenvalue weighted by atomic mass is 32.1. The fraction of sp³-hybridized carbons (Fsp3) is 0.375. The first kappa shape index (κ1) is 18.6. The number of piperidine rings is 1. The van der Waals surface area contributed by atoms with Crippen LogP contribution >= 0.6 is 11.3 Å². The van der Waals surface area contributed by atoms with Crippen molar-refractivity contribution in [2.45, 2.75) is 25.4 Å². The Morgan fingerprint density at radius 2 is 1.86 bits per heavy atom. The second-order valence-corrected chi connectivity index (χ2v) is 9.63. The van der Waals surface area contributed by atoms with Gasteiger partial charge in [0.2, 0.25) is 0 Å². The van der Waals surface area contributed by atoms with Crippen LogP contribution in [-0.4, -0.2) is 36.7 Å². The Kier molecular flexibility index (Phi) is 4.80. The van der Waals surface area contributed by atoms with Gasteiger partial charge in [-0.1, -0.05) is 18.2 Å². The van der Waals surface area contributed by atoms with E-state index in [9.17, 15) is 4.79 Å². The molecule has 29 heavy (non-hydrogen) atoms. The van der Waals surface area contributed by atoms with Gasteiger partial charge < -0.3 is 9.47 Å². The SMILES string of the molecule is CN(C)c1ccc(-c2ccc3n(c2=O)C[C@H]2C[C@@H]3CN(Cc3cccs3)C2)cc1. The smallest absolute Gasteiger partial charge is 0.258 e. The maximum absolute atomic E-state index is 13.3. The minimum absolute atomic E-state index is 0.168. The Bertz CT molecular complexity index is 1050. The van der Waals surface area contributed by atoms with Crippen LogP contribution in [0.1, 0.15) is 22.9 Å². The van der Waals surface area contributed by atoms with Crippen LogP contribution in [0.2, 0.25) is 0 Å². The molecule has 4 nitrogen and oxygen atoms in total. The molecule has 0 amide bonds. The van der Waals surface area contributed by atoms with E-state index in [1.807, 2.05) is 31.5 Å². The van der Waals surface area contributed by atoms with Gasteiger partial charge in [-0.3, -0.25) is 9.69 Å². The van der Waals surface area contributed by atoms with Crippen molar-refractivity contribution in [3.05, 3.63) is 74.8 Å². The number of thiophene rings is 1. The number of rotatable bonds is 4. The molecule has 1 aromatic carbocycles. The lowest BCUT2D eigenvalue weighted by atomic mass is 9.82. The van der Waals surface area contributed by atoms with E-state index in [-0.39, 0.29) is 5.56 Å². The van der Waals surface area contributed by atoms with Crippen molar-refractivity contribution in [2.24, 2.45) is 5.92 Å². The van der Waals surface area contributed by atoms with Crippen LogP contribution in [0.3, 0.4) is 0 Å². The maximum Gasteiger partial charge on any atom is 0.258 e. The molecule has 5 heteroatoms. The fourth-order valence-electron chi connectivity index (χ4n) is 4.96. The summed E-state index contributed by atoms with van der Waals surface area (Å²) in [5.41, 5.74) is 4.35. The number of fused-ring (bicyclic) bond motifs is 4. The summed E-state index contributed by atoms with van der Waals surface area (Å²) in [7, 11) is 4.06. The van der Waals surface area contributed by atoms with Gasteiger partial charge in [-0.15, -0.1) is 11.3 Å². The molecule has 2 aliphatic rings. The summed E-state index contributed by atoms with van der Waals surface area (Å²) in [4.78, 5) is 19.4. The first-order chi connectivity index (χ1) is 14.1. The van der Waals surface area contributed by atoms with Gasteiger partial charge in [0.05, 0.1) is 0 Å². The van der Waals surface area contributed by atoms with Gasteiger partial charge in [-0.05, 0) is 53.6 Å². The molecular formula is C24H27N3OS. The first-order valence-corrected chi connectivity index (χ1v) is 11.2. The van der Waals surface area contributed by atoms with Gasteiger partial charge in [-0.25, -0.2) is 0 Å². The lowest BCUT2D eigenvalue weighted by Gasteiger charge is -2.42. The molecule has 150 valence electrons. The normalized spacial score (nSPS) is 21.0. The molecule has 2 aromatic heterocycles. The number of pyridine rings is 1. The van der Waals surface area contributed by atoms with Crippen LogP contribution in [0, 0.1) is 5.92 Å². The van der Waals surface area contributed by atoms with E-state index in [1.54, 1.807) is 0 Å². The summed E-state index contributed by atoms with van der Waals surface area (Å²) >= 11 is 1.84. The van der Waals surface area contributed by atoms with Gasteiger partial charge in [-0.2, -0.15) is 0 Å². The van der Waals surface area contributed by atoms with Crippen molar-refractivity contribution >= 4 is 17.0 Å². The molecule has 2 bridgehead atoms. The summed E-state index contributed by atoms with van der Waals surface area (Å²) < 4.78 is 2.07. The molecule has 3 aromatic rings. The molecular weight excluding hydrogens is 378 g/mol. The number of benzene rings is 1. The molecule has 0 radical (unpaired) electrons. The van der Waals surface area contributed by atoms with E-state index < -0.39 is 0 Å². The van der Waals surface area contributed by atoms with Gasteiger partial charge in [0, 0.05) is 68.0 Å². The molecule has 0 unspecified atom stereocenters. The van der Waals surface area contributed by atoms with E-state index in [2.05, 4.69) is 62.2 Å². The van der Waals surface area contributed by atoms with Crippen LogP contribution in [0.4, 0.5) is 5.69 Å². The number of aromatic nitrogens is 1. The average molecular weight is 406 g/mol. The minimum atomic E-state index is 0.168. The minimum Gasteiger partial charge on any atom is -0.378 e. The Balaban J connectivity index is 1.43. The molecule has 2 aliphatic heterocycles. The van der Waals surface area contributed by atoms with Crippen LogP contribution in [0.15, 0.2) is 58.7 Å². The molecule has 0 aliphatic carbocycles. The van der Waals surface area contributed by atoms with E-state index in [1.165, 1.54) is 17.0 Å². The van der Waals surface area contributed by atoms with Gasteiger partial charge >= 0.3 is 0 Å². The van der Waals surface area contributed by atoms with Crippen molar-refractivity contribution < 1.29 is 0 Å². The topological polar surface area (TPSA) is 28.5 Å². The highest BCUT2D eigenvalue weighted by Crippen LogP contribution is 2.36. The standard InChI is InChI=1S/C24H27N3OS/c1-25(2)20-7-5-18(6-8-20)22-9-10-23-19-12-17(14-27(23)24(22)28)13-26(15-19)16-21-4-3-11-29-21/h3-11,17,19H,12-16H2,1-2H3/t17-,19+/m0/s1. The van der Waals surface area contributed by atoms with Gasteiger partial charge in [0.1, 0.15) is 0 Å². The first-order valence-electron chi connectivity index (χ1n) is 10.3. The third kappa shape index (κ3) is 3.53. The van der Waals surface area contributed by atoms with Crippen LogP contribution in [-0.2, 0) is 13.1 Å². The quantitative estimate of drug-likeness (QED) is 0.649. The molecule has 1 fully saturated rings. The van der Waals surface area contributed by atoms with Crippen molar-refractivity contribution in [1.29, 1.82) is 0 Å². The van der Waals surface area contributed by atoms with E-state index in [0.29, 0.717) is 11.8 Å². The molecule has 4 heterocycles. The molecule has 0 spiro atoms. The van der Waals surface area contributed by atoms with Crippen LogP contribution in [0.25, 0.3) is 11.1 Å². The predicted octanol–water partition coefficient (Wildman–Crippen LogP) is 4.26. The maximum atomic E-state index is 13.3. The van der Waals surface area contributed by atoms with E-state index >= 15 is 0 Å². The second kappa shape index (κ2) is 7.47. The number of hydrogen-bond donors (Lipinski definition) is 0. The summed E-state index contributed by atoms with van der Waals surface area (Å²) in [6, 6.07) is 16.9. The summed E-state index contributed by atoms with van der Waals surface area (Å²) in [6.45, 7) is 4.01. The zero-order valence-electron chi connectivity index (χ0n) is 17.0. The predicted molar refractivity (Wildman–Crippen MR) is 121 cm³/mol. The largest absolute Gasteiger partial charge is 0.378 e. The number of hydrogen-bond acceptors (Lipinski definition) is 4. The monoisotopic (exact) mass is 405 g/mol. The zero-order chi connectivity index (χ0) is 20.0. The Morgan fingerprint density at radius 1 is 1.03 bits per heavy atom. The lowest BCUT2D eigenvalue weighted by Crippen LogP contribution is -2.46. The molecule has 0 N–H and O–H groups in total. The Morgan fingerprint density at radius 3 is 2.59 bits per heavy atom. The highest BCUT2D eigenvalue weighted by Gasteiger charge is 2.35. The number of nitrogens with zero attached hydrogens (tertiary/aromatic N) is 3. The van der Waals surface area contributed by atoms with Crippen LogP contribution < -0.4 is 10.5 Å². The van der Waals surface area contributed by atoms with E-state index in [4.69, 9.17) is 0 Å². The number of anilines is 1. The second-order valence-electron chi connectivity index (χ2n) is 8.60. The molecule has 1 saturated heterocycles. The van der Waals surface area contributed by atoms with E-state index in [0.717, 1.165) is 43.0 Å². The van der Waals surface area contributed by atoms with Crippen molar-refractivity contribution in [3.8, 4) is 11.1 Å². The molecule has 2 atom stereocenters. The molecule has 5 rings (SSSR count). The Hall–Kier alpha value is -2.37. The summed E-state index contributed by atoms with van der Waals surface area (Å²) in [5, 5.41) is 2.15. The van der Waals surface area contributed by atoms with Crippen molar-refractivity contribution in [3.63, 3.8) is 0 Å². The third-order valence-corrected chi connectivity index (χ3v) is 7.20. The zero-order valence-corrected chi connectivity index (χ0v) is 17.9. The van der Waals surface area contributed by atoms with Gasteiger partial charge in [0.25, 0.3) is 5.56 Å². The summed E-state index contributed by atoms with van der Waals surface area (Å²) in [6.07, 6.45) is 1.21. The number of likely N-dealkylation sites (tertiary alicyclic amines) is 1. The highest BCUT2D eigenvalue weighted by molar-refractivity contribution is 7.09. The third-order valence-electron chi connectivity index (χ3n) is 6.33. The average Bonchev–Trinajstić information content (AvgIpc) is 3.22. The fourth-order valence-corrected chi connectivity index (χ4v) is 5.70. The summed E-state index contributed by atoms with van der Waals surface area (Å²) in [5.74, 6) is 1.02. The molecule has 0 saturated carbocycles.